The van der Waals surface area contributed by atoms with Gasteiger partial charge in [0.1, 0.15) is 6.54 Å². The van der Waals surface area contributed by atoms with Gasteiger partial charge in [0.25, 0.3) is 5.91 Å². The molecule has 1 aromatic rings. The predicted octanol–water partition coefficient (Wildman–Crippen LogP) is -1.08. The van der Waals surface area contributed by atoms with Crippen molar-refractivity contribution in [3.05, 3.63) is 35.4 Å². The van der Waals surface area contributed by atoms with Gasteiger partial charge in [-0.15, -0.1) is 6.42 Å². The first-order valence-electron chi connectivity index (χ1n) is 6.85. The molecule has 21 heavy (non-hydrogen) atoms. The number of hydrogen-bond donors (Lipinski definition) is 2. The number of hydrogen-bond acceptors (Lipinski definition) is 3. The Morgan fingerprint density at radius 1 is 1.43 bits per heavy atom. The first kappa shape index (κ1) is 15.1. The molecule has 2 N–H and O–H groups in total. The summed E-state index contributed by atoms with van der Waals surface area (Å²) in [6.07, 6.45) is 5.71. The van der Waals surface area contributed by atoms with Gasteiger partial charge in [-0.25, -0.2) is 4.79 Å². The van der Waals surface area contributed by atoms with Gasteiger partial charge in [-0.05, 0) is 5.56 Å². The molecule has 110 valence electrons. The summed E-state index contributed by atoms with van der Waals surface area (Å²) in [5, 5.41) is 2.63. The number of fused-ring (bicyclic) bond motifs is 1. The minimum atomic E-state index is -0.360. The highest BCUT2D eigenvalue weighted by molar-refractivity contribution is 5.78. The van der Waals surface area contributed by atoms with Crippen molar-refractivity contribution in [3.63, 3.8) is 0 Å². The van der Waals surface area contributed by atoms with Crippen molar-refractivity contribution in [2.75, 3.05) is 20.2 Å². The van der Waals surface area contributed by atoms with E-state index in [2.05, 4.69) is 11.2 Å². The molecule has 1 amide bonds. The average Bonchev–Trinajstić information content (AvgIpc) is 2.51. The number of methoxy groups -OCH3 is 1. The summed E-state index contributed by atoms with van der Waals surface area (Å²) >= 11 is 0. The smallest absolute Gasteiger partial charge is 0.365 e. The minimum Gasteiger partial charge on any atom is -0.465 e. The molecule has 0 aliphatic carbocycles. The lowest BCUT2D eigenvalue weighted by atomic mass is 9.94. The SMILES string of the molecule is C#CCNC(=O)C[NH+]1Cc2ccccc2C[C@H]1C(=O)OC. The Hall–Kier alpha value is -2.32. The molecule has 0 radical (unpaired) electrons. The van der Waals surface area contributed by atoms with E-state index in [9.17, 15) is 9.59 Å². The molecule has 5 heteroatoms. The molecule has 0 saturated heterocycles. The van der Waals surface area contributed by atoms with Crippen molar-refractivity contribution in [1.82, 2.24) is 5.32 Å². The molecule has 0 bridgehead atoms. The molecular weight excluding hydrogens is 268 g/mol. The summed E-state index contributed by atoms with van der Waals surface area (Å²) in [6.45, 7) is 1.03. The quantitative estimate of drug-likeness (QED) is 0.547. The summed E-state index contributed by atoms with van der Waals surface area (Å²) in [4.78, 5) is 24.7. The van der Waals surface area contributed by atoms with Gasteiger partial charge in [0, 0.05) is 12.0 Å². The molecule has 2 atom stereocenters. The summed E-state index contributed by atoms with van der Waals surface area (Å²) in [7, 11) is 1.37. The number of ether oxygens (including phenoxy) is 1. The van der Waals surface area contributed by atoms with Crippen molar-refractivity contribution in [1.29, 1.82) is 0 Å². The summed E-state index contributed by atoms with van der Waals surface area (Å²) < 4.78 is 4.87. The molecule has 5 nitrogen and oxygen atoms in total. The van der Waals surface area contributed by atoms with Gasteiger partial charge in [0.2, 0.25) is 0 Å². The van der Waals surface area contributed by atoms with E-state index in [0.717, 1.165) is 16.0 Å². The van der Waals surface area contributed by atoms with Crippen molar-refractivity contribution >= 4 is 11.9 Å². The largest absolute Gasteiger partial charge is 0.465 e. The van der Waals surface area contributed by atoms with Crippen LogP contribution in [0.1, 0.15) is 11.1 Å². The maximum Gasteiger partial charge on any atom is 0.365 e. The zero-order chi connectivity index (χ0) is 15.2. The molecule has 0 saturated carbocycles. The van der Waals surface area contributed by atoms with Crippen molar-refractivity contribution in [2.24, 2.45) is 0 Å². The summed E-state index contributed by atoms with van der Waals surface area (Å²) in [5.41, 5.74) is 2.30. The van der Waals surface area contributed by atoms with Crippen LogP contribution in [0.15, 0.2) is 24.3 Å². The van der Waals surface area contributed by atoms with Gasteiger partial charge in [-0.2, -0.15) is 0 Å². The lowest BCUT2D eigenvalue weighted by Gasteiger charge is -2.31. The molecule has 0 spiro atoms. The molecule has 1 heterocycles. The summed E-state index contributed by atoms with van der Waals surface area (Å²) in [6, 6.07) is 7.61. The van der Waals surface area contributed by atoms with Crippen LogP contribution in [0.2, 0.25) is 0 Å². The zero-order valence-electron chi connectivity index (χ0n) is 12.0. The maximum absolute atomic E-state index is 12.0. The number of rotatable bonds is 4. The molecule has 1 aliphatic heterocycles. The third-order valence-corrected chi connectivity index (χ3v) is 3.71. The third kappa shape index (κ3) is 3.61. The van der Waals surface area contributed by atoms with E-state index in [1.807, 2.05) is 24.3 Å². The second-order valence-electron chi connectivity index (χ2n) is 5.04. The Labute approximate surface area is 124 Å². The van der Waals surface area contributed by atoms with Crippen LogP contribution in [0.4, 0.5) is 0 Å². The normalized spacial score (nSPS) is 20.0. The van der Waals surface area contributed by atoms with Crippen molar-refractivity contribution in [3.8, 4) is 12.3 Å². The van der Waals surface area contributed by atoms with Crippen LogP contribution < -0.4 is 10.2 Å². The Bertz CT molecular complexity index is 577. The molecule has 0 aromatic heterocycles. The fourth-order valence-corrected chi connectivity index (χ4v) is 2.66. The highest BCUT2D eigenvalue weighted by atomic mass is 16.5. The van der Waals surface area contributed by atoms with Crippen LogP contribution in [-0.4, -0.2) is 38.1 Å². The number of benzene rings is 1. The van der Waals surface area contributed by atoms with Crippen LogP contribution in [0.25, 0.3) is 0 Å². The first-order valence-corrected chi connectivity index (χ1v) is 6.85. The Kier molecular flexibility index (Phi) is 4.96. The van der Waals surface area contributed by atoms with E-state index in [1.165, 1.54) is 7.11 Å². The molecular formula is C16H19N2O3+. The Morgan fingerprint density at radius 3 is 2.81 bits per heavy atom. The van der Waals surface area contributed by atoms with Crippen LogP contribution in [0.3, 0.4) is 0 Å². The highest BCUT2D eigenvalue weighted by Gasteiger charge is 2.36. The number of terminal acetylenes is 1. The summed E-state index contributed by atoms with van der Waals surface area (Å²) in [5.74, 6) is 1.92. The zero-order valence-corrected chi connectivity index (χ0v) is 12.0. The monoisotopic (exact) mass is 287 g/mol. The fourth-order valence-electron chi connectivity index (χ4n) is 2.66. The molecule has 1 aliphatic rings. The molecule has 1 aromatic carbocycles. The average molecular weight is 287 g/mol. The van der Waals surface area contributed by atoms with Crippen LogP contribution >= 0.6 is 0 Å². The number of nitrogens with one attached hydrogen (secondary N) is 2. The minimum absolute atomic E-state index is 0.156. The molecule has 0 fully saturated rings. The Balaban J connectivity index is 2.15. The van der Waals surface area contributed by atoms with Crippen molar-refractivity contribution < 1.29 is 19.2 Å². The van der Waals surface area contributed by atoms with Crippen LogP contribution in [-0.2, 0) is 27.3 Å². The third-order valence-electron chi connectivity index (χ3n) is 3.71. The lowest BCUT2D eigenvalue weighted by molar-refractivity contribution is -0.924. The lowest BCUT2D eigenvalue weighted by Crippen LogP contribution is -3.17. The maximum atomic E-state index is 12.0. The second-order valence-corrected chi connectivity index (χ2v) is 5.04. The highest BCUT2D eigenvalue weighted by Crippen LogP contribution is 2.14. The predicted molar refractivity (Wildman–Crippen MR) is 77.3 cm³/mol. The number of carbonyl (C=O) groups is 2. The molecule has 2 rings (SSSR count). The van der Waals surface area contributed by atoms with Gasteiger partial charge >= 0.3 is 5.97 Å². The fraction of sp³-hybridized carbons (Fsp3) is 0.375. The standard InChI is InChI=1S/C16H18N2O3/c1-3-8-17-15(19)11-18-10-13-7-5-4-6-12(13)9-14(18)16(20)21-2/h1,4-7,14H,8-11H2,2H3,(H,17,19)/p+1/t14-/m0/s1. The number of quaternary nitrogens is 1. The number of amides is 1. The van der Waals surface area contributed by atoms with E-state index in [0.29, 0.717) is 13.0 Å². The van der Waals surface area contributed by atoms with Gasteiger partial charge in [0.15, 0.2) is 12.6 Å². The van der Waals surface area contributed by atoms with Gasteiger partial charge < -0.3 is 15.0 Å². The first-order chi connectivity index (χ1) is 10.2. The number of esters is 1. The van der Waals surface area contributed by atoms with E-state index >= 15 is 0 Å². The van der Waals surface area contributed by atoms with Crippen LogP contribution in [0.5, 0.6) is 0 Å². The van der Waals surface area contributed by atoms with E-state index in [4.69, 9.17) is 11.2 Å². The van der Waals surface area contributed by atoms with Crippen LogP contribution in [0, 0.1) is 12.3 Å². The van der Waals surface area contributed by atoms with E-state index in [1.54, 1.807) is 0 Å². The van der Waals surface area contributed by atoms with E-state index in [-0.39, 0.29) is 31.0 Å². The second kappa shape index (κ2) is 6.91. The van der Waals surface area contributed by atoms with E-state index < -0.39 is 0 Å². The Morgan fingerprint density at radius 2 is 2.14 bits per heavy atom. The van der Waals surface area contributed by atoms with Crippen molar-refractivity contribution in [2.45, 2.75) is 19.0 Å². The molecule has 1 unspecified atom stereocenters. The van der Waals surface area contributed by atoms with Gasteiger partial charge in [-0.1, -0.05) is 30.2 Å². The topological polar surface area (TPSA) is 59.8 Å². The number of carbonyl (C=O) groups excluding carboxylic acids is 2. The van der Waals surface area contributed by atoms with Gasteiger partial charge in [0.05, 0.1) is 13.7 Å². The van der Waals surface area contributed by atoms with Gasteiger partial charge in [-0.3, -0.25) is 4.79 Å².